The molecule has 0 saturated carbocycles. The lowest BCUT2D eigenvalue weighted by Gasteiger charge is -2.13. The Morgan fingerprint density at radius 2 is 1.28 bits per heavy atom. The molecule has 0 spiro atoms. The van der Waals surface area contributed by atoms with Crippen LogP contribution in [0.5, 0.6) is 11.5 Å². The fraction of sp³-hybridized carbons (Fsp3) is 0.100. The van der Waals surface area contributed by atoms with E-state index in [2.05, 4.69) is 9.44 Å². The molecule has 0 amide bonds. The van der Waals surface area contributed by atoms with E-state index < -0.39 is 20.0 Å². The number of ether oxygens (including phenoxy) is 2. The first kappa shape index (κ1) is 24.0. The predicted octanol–water partition coefficient (Wildman–Crippen LogP) is 4.61. The molecular formula is C20H18Cl2N2O6S2. The summed E-state index contributed by atoms with van der Waals surface area (Å²) in [5.74, 6) is 0.460. The molecule has 3 aromatic rings. The van der Waals surface area contributed by atoms with Crippen LogP contribution in [0.1, 0.15) is 0 Å². The number of sulfonamides is 2. The van der Waals surface area contributed by atoms with Gasteiger partial charge in [0.25, 0.3) is 20.0 Å². The molecule has 32 heavy (non-hydrogen) atoms. The van der Waals surface area contributed by atoms with E-state index in [1.165, 1.54) is 68.8 Å². The Morgan fingerprint density at radius 1 is 0.688 bits per heavy atom. The Hall–Kier alpha value is -2.66. The van der Waals surface area contributed by atoms with E-state index in [0.29, 0.717) is 5.75 Å². The van der Waals surface area contributed by atoms with Gasteiger partial charge in [0, 0.05) is 21.8 Å². The Morgan fingerprint density at radius 3 is 1.84 bits per heavy atom. The highest BCUT2D eigenvalue weighted by molar-refractivity contribution is 7.93. The Balaban J connectivity index is 1.84. The van der Waals surface area contributed by atoms with E-state index in [-0.39, 0.29) is 37.0 Å². The number of methoxy groups -OCH3 is 2. The lowest BCUT2D eigenvalue weighted by atomic mass is 10.3. The monoisotopic (exact) mass is 516 g/mol. The minimum Gasteiger partial charge on any atom is -0.497 e. The molecule has 0 aliphatic rings. The van der Waals surface area contributed by atoms with Crippen LogP contribution in [0.4, 0.5) is 11.4 Å². The molecule has 0 atom stereocenters. The highest BCUT2D eigenvalue weighted by Gasteiger charge is 2.21. The minimum atomic E-state index is -4.04. The van der Waals surface area contributed by atoms with Gasteiger partial charge in [-0.3, -0.25) is 9.44 Å². The van der Waals surface area contributed by atoms with Gasteiger partial charge in [0.15, 0.2) is 0 Å². The molecule has 3 aromatic carbocycles. The third kappa shape index (κ3) is 5.57. The topological polar surface area (TPSA) is 111 Å². The molecule has 0 aromatic heterocycles. The third-order valence-corrected chi connectivity index (χ3v) is 7.43. The Labute approximate surface area is 196 Å². The maximum atomic E-state index is 12.8. The van der Waals surface area contributed by atoms with Crippen molar-refractivity contribution >= 4 is 54.6 Å². The van der Waals surface area contributed by atoms with Crippen molar-refractivity contribution < 1.29 is 26.3 Å². The van der Waals surface area contributed by atoms with Crippen LogP contribution in [0.15, 0.2) is 70.5 Å². The van der Waals surface area contributed by atoms with E-state index in [0.717, 1.165) is 0 Å². The summed E-state index contributed by atoms with van der Waals surface area (Å²) < 4.78 is 65.9. The molecule has 0 bridgehead atoms. The summed E-state index contributed by atoms with van der Waals surface area (Å²) in [7, 11) is -5.24. The van der Waals surface area contributed by atoms with Crippen LogP contribution < -0.4 is 18.9 Å². The van der Waals surface area contributed by atoms with Crippen molar-refractivity contribution in [2.75, 3.05) is 23.7 Å². The van der Waals surface area contributed by atoms with E-state index in [1.807, 2.05) is 0 Å². The highest BCUT2D eigenvalue weighted by atomic mass is 35.5. The number of nitrogens with one attached hydrogen (secondary N) is 2. The molecule has 8 nitrogen and oxygen atoms in total. The van der Waals surface area contributed by atoms with Crippen molar-refractivity contribution in [1.29, 1.82) is 0 Å². The van der Waals surface area contributed by atoms with Gasteiger partial charge in [0.1, 0.15) is 16.4 Å². The summed E-state index contributed by atoms with van der Waals surface area (Å²) in [5.41, 5.74) is 0.344. The Bertz CT molecular complexity index is 1320. The summed E-state index contributed by atoms with van der Waals surface area (Å²) in [4.78, 5) is -0.217. The normalized spacial score (nSPS) is 11.6. The quantitative estimate of drug-likeness (QED) is 0.452. The second-order valence-electron chi connectivity index (χ2n) is 6.41. The fourth-order valence-electron chi connectivity index (χ4n) is 2.73. The molecule has 0 saturated heterocycles. The largest absolute Gasteiger partial charge is 0.497 e. The SMILES string of the molecule is COc1ccc(OC)c(S(=O)(=O)Nc2ccc(S(=O)(=O)Nc3cc(Cl)cc(Cl)c3)cc2)c1. The maximum Gasteiger partial charge on any atom is 0.265 e. The summed E-state index contributed by atoms with van der Waals surface area (Å²) in [5, 5.41) is 0.542. The molecule has 0 fully saturated rings. The van der Waals surface area contributed by atoms with Gasteiger partial charge in [-0.05, 0) is 54.6 Å². The van der Waals surface area contributed by atoms with Crippen molar-refractivity contribution in [2.24, 2.45) is 0 Å². The first-order chi connectivity index (χ1) is 15.0. The van der Waals surface area contributed by atoms with Gasteiger partial charge in [0.2, 0.25) is 0 Å². The summed E-state index contributed by atoms with van der Waals surface area (Å²) in [6.45, 7) is 0. The van der Waals surface area contributed by atoms with Crippen LogP contribution in [0.25, 0.3) is 0 Å². The van der Waals surface area contributed by atoms with E-state index >= 15 is 0 Å². The summed E-state index contributed by atoms with van der Waals surface area (Å²) >= 11 is 11.8. The van der Waals surface area contributed by atoms with Crippen LogP contribution in [-0.4, -0.2) is 31.1 Å². The van der Waals surface area contributed by atoms with E-state index in [9.17, 15) is 16.8 Å². The number of hydrogen-bond donors (Lipinski definition) is 2. The van der Waals surface area contributed by atoms with Gasteiger partial charge in [0.05, 0.1) is 24.8 Å². The number of hydrogen-bond acceptors (Lipinski definition) is 6. The molecule has 2 N–H and O–H groups in total. The molecule has 0 unspecified atom stereocenters. The molecule has 3 rings (SSSR count). The van der Waals surface area contributed by atoms with Gasteiger partial charge in [-0.1, -0.05) is 23.2 Å². The number of anilines is 2. The zero-order chi connectivity index (χ0) is 23.5. The highest BCUT2D eigenvalue weighted by Crippen LogP contribution is 2.30. The second kappa shape index (κ2) is 9.45. The average Bonchev–Trinajstić information content (AvgIpc) is 2.72. The van der Waals surface area contributed by atoms with Gasteiger partial charge < -0.3 is 9.47 Å². The first-order valence-electron chi connectivity index (χ1n) is 8.88. The van der Waals surface area contributed by atoms with Crippen LogP contribution >= 0.6 is 23.2 Å². The molecule has 170 valence electrons. The fourth-order valence-corrected chi connectivity index (χ4v) is 5.54. The van der Waals surface area contributed by atoms with Crippen molar-refractivity contribution in [3.63, 3.8) is 0 Å². The molecular weight excluding hydrogens is 499 g/mol. The van der Waals surface area contributed by atoms with Crippen LogP contribution in [0.3, 0.4) is 0 Å². The van der Waals surface area contributed by atoms with Crippen molar-refractivity contribution in [1.82, 2.24) is 0 Å². The second-order valence-corrected chi connectivity index (χ2v) is 10.6. The number of halogens is 2. The number of benzene rings is 3. The van der Waals surface area contributed by atoms with Gasteiger partial charge in [-0.25, -0.2) is 16.8 Å². The smallest absolute Gasteiger partial charge is 0.265 e. The van der Waals surface area contributed by atoms with E-state index in [4.69, 9.17) is 32.7 Å². The predicted molar refractivity (Wildman–Crippen MR) is 124 cm³/mol. The maximum absolute atomic E-state index is 12.8. The van der Waals surface area contributed by atoms with Crippen LogP contribution in [0, 0.1) is 0 Å². The zero-order valence-electron chi connectivity index (χ0n) is 16.8. The van der Waals surface area contributed by atoms with Gasteiger partial charge in [-0.2, -0.15) is 0 Å². The zero-order valence-corrected chi connectivity index (χ0v) is 19.9. The summed E-state index contributed by atoms with van der Waals surface area (Å²) in [6, 6.07) is 13.8. The van der Waals surface area contributed by atoms with Crippen molar-refractivity contribution in [2.45, 2.75) is 9.79 Å². The minimum absolute atomic E-state index is 0.0875. The average molecular weight is 517 g/mol. The van der Waals surface area contributed by atoms with Crippen molar-refractivity contribution in [3.8, 4) is 11.5 Å². The molecule has 12 heteroatoms. The van der Waals surface area contributed by atoms with Crippen LogP contribution in [-0.2, 0) is 20.0 Å². The molecule has 0 aliphatic heterocycles. The molecule has 0 heterocycles. The molecule has 0 radical (unpaired) electrons. The van der Waals surface area contributed by atoms with Crippen LogP contribution in [0.2, 0.25) is 10.0 Å². The standard InChI is InChI=1S/C20H18Cl2N2O6S2/c1-29-17-5-8-19(30-2)20(12-17)32(27,28)23-15-3-6-18(7-4-15)31(25,26)24-16-10-13(21)9-14(22)11-16/h3-12,23-24H,1-2H3. The van der Waals surface area contributed by atoms with E-state index in [1.54, 1.807) is 6.07 Å². The number of rotatable bonds is 8. The third-order valence-electron chi connectivity index (χ3n) is 4.19. The lowest BCUT2D eigenvalue weighted by Crippen LogP contribution is -2.15. The van der Waals surface area contributed by atoms with Gasteiger partial charge in [-0.15, -0.1) is 0 Å². The van der Waals surface area contributed by atoms with Crippen molar-refractivity contribution in [3.05, 3.63) is 70.7 Å². The lowest BCUT2D eigenvalue weighted by molar-refractivity contribution is 0.392. The molecule has 0 aliphatic carbocycles. The first-order valence-corrected chi connectivity index (χ1v) is 12.6. The Kier molecular flexibility index (Phi) is 7.09. The van der Waals surface area contributed by atoms with Gasteiger partial charge >= 0.3 is 0 Å². The summed E-state index contributed by atoms with van der Waals surface area (Å²) in [6.07, 6.45) is 0.